The molecule has 86 valence electrons. The smallest absolute Gasteiger partial charge is 0.176 e. The highest BCUT2D eigenvalue weighted by molar-refractivity contribution is 5.83. The summed E-state index contributed by atoms with van der Waals surface area (Å²) in [5.41, 5.74) is 6.83. The molecule has 0 amide bonds. The van der Waals surface area contributed by atoms with Crippen molar-refractivity contribution in [1.29, 1.82) is 0 Å². The Hall–Kier alpha value is -1.48. The normalized spacial score (nSPS) is 13.3. The topological polar surface area (TPSA) is 48.4 Å². The highest BCUT2D eigenvalue weighted by Gasteiger charge is 2.16. The Kier molecular flexibility index (Phi) is 2.88. The molecule has 0 aliphatic rings. The molecule has 1 unspecified atom stereocenters. The van der Waals surface area contributed by atoms with Gasteiger partial charge in [-0.25, -0.2) is 0 Å². The first kappa shape index (κ1) is 11.0. The Labute approximate surface area is 95.2 Å². The van der Waals surface area contributed by atoms with Crippen molar-refractivity contribution in [2.75, 3.05) is 7.11 Å². The zero-order chi connectivity index (χ0) is 11.7. The maximum atomic E-state index is 6.06. The van der Waals surface area contributed by atoms with Gasteiger partial charge in [0.05, 0.1) is 13.2 Å². The van der Waals surface area contributed by atoms with Crippen LogP contribution >= 0.6 is 0 Å². The van der Waals surface area contributed by atoms with E-state index in [0.717, 1.165) is 22.5 Å². The molecular weight excluding hydrogens is 202 g/mol. The van der Waals surface area contributed by atoms with Gasteiger partial charge in [-0.15, -0.1) is 0 Å². The number of rotatable bonds is 3. The van der Waals surface area contributed by atoms with Crippen molar-refractivity contribution in [1.82, 2.24) is 0 Å². The fourth-order valence-corrected chi connectivity index (χ4v) is 1.71. The quantitative estimate of drug-likeness (QED) is 0.862. The fraction of sp³-hybridized carbons (Fsp3) is 0.385. The number of furan rings is 1. The Morgan fingerprint density at radius 3 is 2.69 bits per heavy atom. The van der Waals surface area contributed by atoms with Gasteiger partial charge in [-0.3, -0.25) is 0 Å². The van der Waals surface area contributed by atoms with E-state index in [1.165, 1.54) is 0 Å². The summed E-state index contributed by atoms with van der Waals surface area (Å²) in [6.45, 7) is 4.16. The number of benzene rings is 1. The number of hydrogen-bond acceptors (Lipinski definition) is 3. The highest BCUT2D eigenvalue weighted by Crippen LogP contribution is 2.31. The third kappa shape index (κ3) is 1.78. The van der Waals surface area contributed by atoms with Crippen LogP contribution in [0.5, 0.6) is 5.75 Å². The van der Waals surface area contributed by atoms with Crippen molar-refractivity contribution in [3.05, 3.63) is 30.0 Å². The van der Waals surface area contributed by atoms with Crippen LogP contribution in [-0.4, -0.2) is 7.11 Å². The molecule has 0 radical (unpaired) electrons. The summed E-state index contributed by atoms with van der Waals surface area (Å²) in [5.74, 6) is 1.92. The summed E-state index contributed by atoms with van der Waals surface area (Å²) in [5, 5.41) is 1.03. The van der Waals surface area contributed by atoms with Crippen LogP contribution in [0, 0.1) is 5.92 Å². The molecule has 0 aliphatic heterocycles. The number of methoxy groups -OCH3 is 1. The van der Waals surface area contributed by atoms with Crippen LogP contribution in [0.15, 0.2) is 28.7 Å². The molecule has 0 bridgehead atoms. The van der Waals surface area contributed by atoms with Gasteiger partial charge in [0.25, 0.3) is 0 Å². The molecule has 1 aromatic heterocycles. The van der Waals surface area contributed by atoms with Crippen molar-refractivity contribution in [2.45, 2.75) is 19.9 Å². The minimum absolute atomic E-state index is 0.0721. The van der Waals surface area contributed by atoms with E-state index >= 15 is 0 Å². The molecule has 1 heterocycles. The number of hydrogen-bond donors (Lipinski definition) is 1. The van der Waals surface area contributed by atoms with E-state index in [1.807, 2.05) is 24.3 Å². The summed E-state index contributed by atoms with van der Waals surface area (Å²) in [4.78, 5) is 0. The van der Waals surface area contributed by atoms with Gasteiger partial charge in [-0.05, 0) is 18.1 Å². The van der Waals surface area contributed by atoms with E-state index in [0.29, 0.717) is 5.92 Å². The van der Waals surface area contributed by atoms with Crippen LogP contribution < -0.4 is 10.5 Å². The molecule has 1 aromatic carbocycles. The maximum Gasteiger partial charge on any atom is 0.176 e. The van der Waals surface area contributed by atoms with Crippen LogP contribution in [0.1, 0.15) is 25.6 Å². The van der Waals surface area contributed by atoms with Gasteiger partial charge in [0.1, 0.15) is 5.76 Å². The van der Waals surface area contributed by atoms with Gasteiger partial charge in [0.2, 0.25) is 0 Å². The van der Waals surface area contributed by atoms with Crippen LogP contribution in [0.2, 0.25) is 0 Å². The average molecular weight is 219 g/mol. The number of para-hydroxylation sites is 1. The van der Waals surface area contributed by atoms with Crippen molar-refractivity contribution in [2.24, 2.45) is 11.7 Å². The molecule has 0 saturated carbocycles. The second-order valence-corrected chi connectivity index (χ2v) is 4.30. The fourth-order valence-electron chi connectivity index (χ4n) is 1.71. The Balaban J connectivity index is 2.51. The Morgan fingerprint density at radius 2 is 2.06 bits per heavy atom. The third-order valence-corrected chi connectivity index (χ3v) is 2.79. The predicted molar refractivity (Wildman–Crippen MR) is 64.5 cm³/mol. The van der Waals surface area contributed by atoms with Crippen LogP contribution in [0.3, 0.4) is 0 Å². The minimum Gasteiger partial charge on any atom is -0.493 e. The number of nitrogens with two attached hydrogens (primary N) is 1. The van der Waals surface area contributed by atoms with Gasteiger partial charge in [-0.2, -0.15) is 0 Å². The molecule has 16 heavy (non-hydrogen) atoms. The Morgan fingerprint density at radius 1 is 1.31 bits per heavy atom. The van der Waals surface area contributed by atoms with Crippen molar-refractivity contribution in [3.63, 3.8) is 0 Å². The Bertz CT molecular complexity index is 488. The first-order valence-corrected chi connectivity index (χ1v) is 5.45. The van der Waals surface area contributed by atoms with E-state index < -0.39 is 0 Å². The third-order valence-electron chi connectivity index (χ3n) is 2.79. The standard InChI is InChI=1S/C13H17NO2/c1-8(2)12(14)11-7-9-5-4-6-10(15-3)13(9)16-11/h4-8,12H,14H2,1-3H3. The van der Waals surface area contributed by atoms with Crippen LogP contribution in [0.25, 0.3) is 11.0 Å². The first-order chi connectivity index (χ1) is 7.63. The molecule has 0 saturated heterocycles. The predicted octanol–water partition coefficient (Wildman–Crippen LogP) is 3.10. The molecule has 0 fully saturated rings. The zero-order valence-corrected chi connectivity index (χ0v) is 9.86. The monoisotopic (exact) mass is 219 g/mol. The van der Waals surface area contributed by atoms with Gasteiger partial charge in [0, 0.05) is 5.39 Å². The highest BCUT2D eigenvalue weighted by atomic mass is 16.5. The van der Waals surface area contributed by atoms with Crippen molar-refractivity contribution >= 4 is 11.0 Å². The van der Waals surface area contributed by atoms with E-state index in [9.17, 15) is 0 Å². The molecule has 2 N–H and O–H groups in total. The molecule has 2 aromatic rings. The van der Waals surface area contributed by atoms with Crippen molar-refractivity contribution in [3.8, 4) is 5.75 Å². The van der Waals surface area contributed by atoms with Gasteiger partial charge < -0.3 is 14.9 Å². The van der Waals surface area contributed by atoms with Gasteiger partial charge in [-0.1, -0.05) is 26.0 Å². The van der Waals surface area contributed by atoms with E-state index in [4.69, 9.17) is 14.9 Å². The average Bonchev–Trinajstić information content (AvgIpc) is 2.70. The summed E-state index contributed by atoms with van der Waals surface area (Å²) in [6.07, 6.45) is 0. The number of fused-ring (bicyclic) bond motifs is 1. The zero-order valence-electron chi connectivity index (χ0n) is 9.86. The first-order valence-electron chi connectivity index (χ1n) is 5.45. The maximum absolute atomic E-state index is 6.06. The molecule has 3 heteroatoms. The lowest BCUT2D eigenvalue weighted by Crippen LogP contribution is -2.15. The summed E-state index contributed by atoms with van der Waals surface area (Å²) < 4.78 is 11.0. The summed E-state index contributed by atoms with van der Waals surface area (Å²) >= 11 is 0. The summed E-state index contributed by atoms with van der Waals surface area (Å²) in [6, 6.07) is 7.75. The summed E-state index contributed by atoms with van der Waals surface area (Å²) in [7, 11) is 1.64. The lowest BCUT2D eigenvalue weighted by atomic mass is 10.0. The second-order valence-electron chi connectivity index (χ2n) is 4.30. The lowest BCUT2D eigenvalue weighted by molar-refractivity contribution is 0.391. The van der Waals surface area contributed by atoms with Crippen molar-refractivity contribution < 1.29 is 9.15 Å². The molecule has 0 spiro atoms. The molecule has 3 nitrogen and oxygen atoms in total. The van der Waals surface area contributed by atoms with Crippen LogP contribution in [0.4, 0.5) is 0 Å². The lowest BCUT2D eigenvalue weighted by Gasteiger charge is -2.11. The SMILES string of the molecule is COc1cccc2cc(C(N)C(C)C)oc12. The largest absolute Gasteiger partial charge is 0.493 e. The molecule has 2 rings (SSSR count). The van der Waals surface area contributed by atoms with E-state index in [-0.39, 0.29) is 6.04 Å². The minimum atomic E-state index is -0.0721. The van der Waals surface area contributed by atoms with E-state index in [1.54, 1.807) is 7.11 Å². The van der Waals surface area contributed by atoms with Crippen LogP contribution in [-0.2, 0) is 0 Å². The van der Waals surface area contributed by atoms with Gasteiger partial charge >= 0.3 is 0 Å². The number of ether oxygens (including phenoxy) is 1. The molecule has 0 aliphatic carbocycles. The molecular formula is C13H17NO2. The second kappa shape index (κ2) is 4.18. The van der Waals surface area contributed by atoms with E-state index in [2.05, 4.69) is 13.8 Å². The van der Waals surface area contributed by atoms with Gasteiger partial charge in [0.15, 0.2) is 11.3 Å². The molecule has 1 atom stereocenters.